The first kappa shape index (κ1) is 17.2. The molecule has 4 rings (SSSR count). The molecule has 4 nitrogen and oxygen atoms in total. The third-order valence-electron chi connectivity index (χ3n) is 4.80. The summed E-state index contributed by atoms with van der Waals surface area (Å²) in [6, 6.07) is 8.58. The Balaban J connectivity index is 1.51. The SMILES string of the molecule is C=C(CN1CCCCC1)Nc1cc2cc(-c3cnc(C)s3)ccc2cn1. The van der Waals surface area contributed by atoms with Crippen LogP contribution in [0.4, 0.5) is 5.82 Å². The maximum atomic E-state index is 4.55. The molecule has 1 aromatic carbocycles. The standard InChI is InChI=1S/C21H24N4S/c1-15(14-25-8-4-3-5-9-25)24-21-11-19-10-17(6-7-18(19)12-23-21)20-13-22-16(2)26-20/h6-7,10-13H,1,3-5,8-9,14H2,2H3,(H,23,24). The summed E-state index contributed by atoms with van der Waals surface area (Å²) in [5.74, 6) is 0.858. The van der Waals surface area contributed by atoms with Crippen molar-refractivity contribution < 1.29 is 0 Å². The number of hydrogen-bond acceptors (Lipinski definition) is 5. The van der Waals surface area contributed by atoms with Crippen LogP contribution in [-0.2, 0) is 0 Å². The molecule has 0 amide bonds. The van der Waals surface area contributed by atoms with Crippen LogP contribution in [0.3, 0.4) is 0 Å². The number of aryl methyl sites for hydroxylation is 1. The highest BCUT2D eigenvalue weighted by molar-refractivity contribution is 7.15. The van der Waals surface area contributed by atoms with Gasteiger partial charge >= 0.3 is 0 Å². The Labute approximate surface area is 158 Å². The molecule has 0 aliphatic carbocycles. The van der Waals surface area contributed by atoms with Gasteiger partial charge in [0.25, 0.3) is 0 Å². The quantitative estimate of drug-likeness (QED) is 0.685. The van der Waals surface area contributed by atoms with Crippen LogP contribution in [0.2, 0.25) is 0 Å². The van der Waals surface area contributed by atoms with Gasteiger partial charge in [-0.2, -0.15) is 0 Å². The Morgan fingerprint density at radius 2 is 1.96 bits per heavy atom. The first-order valence-corrected chi connectivity index (χ1v) is 9.99. The molecule has 1 fully saturated rings. The summed E-state index contributed by atoms with van der Waals surface area (Å²) in [7, 11) is 0. The number of anilines is 1. The van der Waals surface area contributed by atoms with E-state index in [0.29, 0.717) is 0 Å². The molecule has 0 bridgehead atoms. The molecule has 1 aliphatic rings. The van der Waals surface area contributed by atoms with Crippen LogP contribution < -0.4 is 5.32 Å². The van der Waals surface area contributed by atoms with Crippen LogP contribution in [0.1, 0.15) is 24.3 Å². The van der Waals surface area contributed by atoms with E-state index in [-0.39, 0.29) is 0 Å². The molecule has 2 aromatic heterocycles. The third kappa shape index (κ3) is 3.94. The van der Waals surface area contributed by atoms with E-state index in [4.69, 9.17) is 0 Å². The Morgan fingerprint density at radius 1 is 1.12 bits per heavy atom. The Hall–Kier alpha value is -2.24. The largest absolute Gasteiger partial charge is 0.343 e. The molecule has 0 saturated carbocycles. The number of piperidine rings is 1. The number of likely N-dealkylation sites (tertiary alicyclic amines) is 1. The molecule has 1 N–H and O–H groups in total. The van der Waals surface area contributed by atoms with E-state index >= 15 is 0 Å². The summed E-state index contributed by atoms with van der Waals surface area (Å²) in [5, 5.41) is 6.80. The molecule has 0 spiro atoms. The predicted molar refractivity (Wildman–Crippen MR) is 111 cm³/mol. The molecule has 0 radical (unpaired) electrons. The summed E-state index contributed by atoms with van der Waals surface area (Å²) in [4.78, 5) is 12.6. The number of nitrogens with one attached hydrogen (secondary N) is 1. The molecule has 0 atom stereocenters. The number of aromatic nitrogens is 2. The average molecular weight is 365 g/mol. The lowest BCUT2D eigenvalue weighted by molar-refractivity contribution is 0.247. The maximum Gasteiger partial charge on any atom is 0.130 e. The van der Waals surface area contributed by atoms with Crippen molar-refractivity contribution in [1.82, 2.24) is 14.9 Å². The minimum absolute atomic E-state index is 0.858. The minimum Gasteiger partial charge on any atom is -0.343 e. The van der Waals surface area contributed by atoms with E-state index in [1.54, 1.807) is 11.3 Å². The second-order valence-corrected chi connectivity index (χ2v) is 8.18. The van der Waals surface area contributed by atoms with Crippen molar-refractivity contribution in [2.45, 2.75) is 26.2 Å². The van der Waals surface area contributed by atoms with Gasteiger partial charge in [-0.15, -0.1) is 11.3 Å². The van der Waals surface area contributed by atoms with Gasteiger partial charge in [-0.3, -0.25) is 4.90 Å². The Bertz CT molecular complexity index is 925. The van der Waals surface area contributed by atoms with Gasteiger partial charge in [-0.25, -0.2) is 9.97 Å². The van der Waals surface area contributed by atoms with Gasteiger partial charge in [0.05, 0.1) is 9.88 Å². The summed E-state index contributed by atoms with van der Waals surface area (Å²) in [5.41, 5.74) is 2.21. The van der Waals surface area contributed by atoms with Crippen molar-refractivity contribution in [1.29, 1.82) is 0 Å². The molecule has 5 heteroatoms. The fourth-order valence-electron chi connectivity index (χ4n) is 3.47. The van der Waals surface area contributed by atoms with E-state index in [9.17, 15) is 0 Å². The Kier molecular flexibility index (Phi) is 5.00. The van der Waals surface area contributed by atoms with Gasteiger partial charge in [-0.05, 0) is 55.9 Å². The zero-order valence-electron chi connectivity index (χ0n) is 15.2. The van der Waals surface area contributed by atoms with Crippen LogP contribution in [-0.4, -0.2) is 34.5 Å². The number of thiazole rings is 1. The fourth-order valence-corrected chi connectivity index (χ4v) is 4.24. The van der Waals surface area contributed by atoms with E-state index in [2.05, 4.69) is 51.0 Å². The smallest absolute Gasteiger partial charge is 0.130 e. The topological polar surface area (TPSA) is 41.0 Å². The fraction of sp³-hybridized carbons (Fsp3) is 0.333. The number of fused-ring (bicyclic) bond motifs is 1. The van der Waals surface area contributed by atoms with E-state index in [1.807, 2.05) is 19.3 Å². The van der Waals surface area contributed by atoms with Crippen molar-refractivity contribution in [3.05, 3.63) is 53.9 Å². The highest BCUT2D eigenvalue weighted by Crippen LogP contribution is 2.29. The monoisotopic (exact) mass is 364 g/mol. The van der Waals surface area contributed by atoms with Crippen LogP contribution >= 0.6 is 11.3 Å². The van der Waals surface area contributed by atoms with Crippen LogP contribution in [0.25, 0.3) is 21.2 Å². The molecule has 3 aromatic rings. The number of pyridine rings is 1. The van der Waals surface area contributed by atoms with Crippen molar-refractivity contribution >= 4 is 27.9 Å². The van der Waals surface area contributed by atoms with Gasteiger partial charge in [0.2, 0.25) is 0 Å². The van der Waals surface area contributed by atoms with E-state index in [0.717, 1.165) is 28.5 Å². The lowest BCUT2D eigenvalue weighted by Crippen LogP contribution is -2.32. The summed E-state index contributed by atoms with van der Waals surface area (Å²) in [6.45, 7) is 9.46. The molecular weight excluding hydrogens is 340 g/mol. The molecule has 0 unspecified atom stereocenters. The normalized spacial score (nSPS) is 15.3. The molecule has 3 heterocycles. The molecule has 134 valence electrons. The molecular formula is C21H24N4S. The lowest BCUT2D eigenvalue weighted by Gasteiger charge is -2.27. The zero-order chi connectivity index (χ0) is 17.9. The first-order valence-electron chi connectivity index (χ1n) is 9.17. The second-order valence-electron chi connectivity index (χ2n) is 6.94. The highest BCUT2D eigenvalue weighted by atomic mass is 32.1. The van der Waals surface area contributed by atoms with Crippen molar-refractivity contribution in [3.8, 4) is 10.4 Å². The average Bonchev–Trinajstić information content (AvgIpc) is 3.08. The predicted octanol–water partition coefficient (Wildman–Crippen LogP) is 5.08. The van der Waals surface area contributed by atoms with E-state index in [1.165, 1.54) is 48.2 Å². The summed E-state index contributed by atoms with van der Waals surface area (Å²) in [6.07, 6.45) is 7.81. The second kappa shape index (κ2) is 7.56. The van der Waals surface area contributed by atoms with E-state index < -0.39 is 0 Å². The molecule has 26 heavy (non-hydrogen) atoms. The first-order chi connectivity index (χ1) is 12.7. The zero-order valence-corrected chi connectivity index (χ0v) is 16.0. The van der Waals surface area contributed by atoms with Crippen LogP contribution in [0.5, 0.6) is 0 Å². The summed E-state index contributed by atoms with van der Waals surface area (Å²) < 4.78 is 0. The van der Waals surface area contributed by atoms with Gasteiger partial charge in [0.1, 0.15) is 5.82 Å². The van der Waals surface area contributed by atoms with Crippen molar-refractivity contribution in [3.63, 3.8) is 0 Å². The third-order valence-corrected chi connectivity index (χ3v) is 5.76. The van der Waals surface area contributed by atoms with Gasteiger partial charge in [0.15, 0.2) is 0 Å². The number of hydrogen-bond donors (Lipinski definition) is 1. The van der Waals surface area contributed by atoms with Crippen LogP contribution in [0.15, 0.2) is 48.9 Å². The van der Waals surface area contributed by atoms with Gasteiger partial charge in [-0.1, -0.05) is 25.1 Å². The Morgan fingerprint density at radius 3 is 2.73 bits per heavy atom. The summed E-state index contributed by atoms with van der Waals surface area (Å²) >= 11 is 1.72. The van der Waals surface area contributed by atoms with Crippen molar-refractivity contribution in [2.75, 3.05) is 25.0 Å². The maximum absolute atomic E-state index is 4.55. The minimum atomic E-state index is 0.858. The number of rotatable bonds is 5. The number of benzene rings is 1. The number of nitrogens with zero attached hydrogens (tertiary/aromatic N) is 3. The lowest BCUT2D eigenvalue weighted by atomic mass is 10.1. The molecule has 1 aliphatic heterocycles. The highest BCUT2D eigenvalue weighted by Gasteiger charge is 2.11. The van der Waals surface area contributed by atoms with Crippen LogP contribution in [0, 0.1) is 6.92 Å². The van der Waals surface area contributed by atoms with Gasteiger partial charge in [0, 0.05) is 30.0 Å². The molecule has 1 saturated heterocycles. The van der Waals surface area contributed by atoms with Gasteiger partial charge < -0.3 is 5.32 Å². The van der Waals surface area contributed by atoms with Crippen molar-refractivity contribution in [2.24, 2.45) is 0 Å².